The molecule has 2 rings (SSSR count). The van der Waals surface area contributed by atoms with Crippen molar-refractivity contribution in [3.63, 3.8) is 0 Å². The van der Waals surface area contributed by atoms with E-state index >= 15 is 0 Å². The molecule has 0 radical (unpaired) electrons. The summed E-state index contributed by atoms with van der Waals surface area (Å²) in [6.07, 6.45) is -0.315. The normalized spacial score (nSPS) is 10.7. The van der Waals surface area contributed by atoms with E-state index in [0.717, 1.165) is 5.56 Å². The van der Waals surface area contributed by atoms with Crippen LogP contribution in [0.3, 0.4) is 0 Å². The van der Waals surface area contributed by atoms with E-state index in [1.807, 2.05) is 54.6 Å². The van der Waals surface area contributed by atoms with Crippen molar-refractivity contribution in [2.75, 3.05) is 0 Å². The Labute approximate surface area is 95.6 Å². The zero-order valence-electron chi connectivity index (χ0n) is 8.07. The summed E-state index contributed by atoms with van der Waals surface area (Å²) in [5.41, 5.74) is 0.991. The van der Waals surface area contributed by atoms with Crippen LogP contribution in [0.1, 0.15) is 18.6 Å². The van der Waals surface area contributed by atoms with Crippen molar-refractivity contribution in [3.05, 3.63) is 60.2 Å². The van der Waals surface area contributed by atoms with Gasteiger partial charge in [-0.3, -0.25) is 0 Å². The predicted molar refractivity (Wildman–Crippen MR) is 54.7 cm³/mol. The molecule has 0 saturated heterocycles. The van der Waals surface area contributed by atoms with Gasteiger partial charge in [0.15, 0.2) is 0 Å². The molecule has 2 aromatic rings. The third-order valence-electron chi connectivity index (χ3n) is 1.73. The molecule has 0 bridgehead atoms. The van der Waals surface area contributed by atoms with Crippen LogP contribution in [0.2, 0.25) is 0 Å². The van der Waals surface area contributed by atoms with Gasteiger partial charge in [-0.25, -0.2) is 24.3 Å². The van der Waals surface area contributed by atoms with E-state index in [-0.39, 0.29) is 23.2 Å². The van der Waals surface area contributed by atoms with Crippen molar-refractivity contribution < 1.29 is 22.2 Å². The predicted octanol–water partition coefficient (Wildman–Crippen LogP) is 2.86. The van der Waals surface area contributed by atoms with Gasteiger partial charge in [0.05, 0.1) is 6.10 Å². The van der Waals surface area contributed by atoms with Crippen molar-refractivity contribution in [2.45, 2.75) is 13.0 Å². The van der Waals surface area contributed by atoms with Crippen LogP contribution >= 0.6 is 0 Å². The largest absolute Gasteiger partial charge is 2.00 e. The molecule has 14 heavy (non-hydrogen) atoms. The van der Waals surface area contributed by atoms with Crippen LogP contribution in [0.5, 0.6) is 0 Å². The summed E-state index contributed by atoms with van der Waals surface area (Å²) in [5, 5.41) is 8.91. The molecule has 2 aromatic carbocycles. The van der Waals surface area contributed by atoms with E-state index in [1.165, 1.54) is 0 Å². The first-order valence-corrected chi connectivity index (χ1v) is 4.37. The van der Waals surface area contributed by atoms with Gasteiger partial charge >= 0.3 is 17.1 Å². The molecule has 0 aliphatic heterocycles. The van der Waals surface area contributed by atoms with Crippen LogP contribution in [-0.4, -0.2) is 5.11 Å². The molecule has 0 aromatic heterocycles. The fourth-order valence-electron chi connectivity index (χ4n) is 0.988. The molecule has 0 spiro atoms. The SMILES string of the molecule is C[C@@H](O)c1ccc[cH-]1.[Fe+2].c1cc[cH-]c1. The van der Waals surface area contributed by atoms with Gasteiger partial charge in [-0.05, 0) is 6.92 Å². The second-order valence-electron chi connectivity index (χ2n) is 2.86. The molecule has 0 aliphatic rings. The van der Waals surface area contributed by atoms with Crippen molar-refractivity contribution in [1.82, 2.24) is 0 Å². The summed E-state index contributed by atoms with van der Waals surface area (Å²) in [6.45, 7) is 1.76. The molecule has 0 fully saturated rings. The first-order chi connectivity index (χ1) is 6.30. The molecule has 0 saturated carbocycles. The summed E-state index contributed by atoms with van der Waals surface area (Å²) in [4.78, 5) is 0. The summed E-state index contributed by atoms with van der Waals surface area (Å²) < 4.78 is 0. The third-order valence-corrected chi connectivity index (χ3v) is 1.73. The number of aliphatic hydroxyl groups is 1. The number of hydrogen-bond donors (Lipinski definition) is 1. The van der Waals surface area contributed by atoms with Crippen LogP contribution < -0.4 is 0 Å². The standard InChI is InChI=1S/C7H9O.C5H5.Fe/c1-6(8)7-4-2-3-5-7;1-2-4-5-3-1;/h2-6,8H,1H3;1-5H;/q2*-1;+2/t6-;;/m1../s1. The van der Waals surface area contributed by atoms with E-state index in [2.05, 4.69) is 0 Å². The summed E-state index contributed by atoms with van der Waals surface area (Å²) in [7, 11) is 0. The van der Waals surface area contributed by atoms with Gasteiger partial charge in [-0.2, -0.15) is 30.3 Å². The zero-order valence-corrected chi connectivity index (χ0v) is 9.18. The van der Waals surface area contributed by atoms with Crippen molar-refractivity contribution in [2.24, 2.45) is 0 Å². The first kappa shape index (κ1) is 13.2. The molecule has 1 nitrogen and oxygen atoms in total. The van der Waals surface area contributed by atoms with Crippen LogP contribution in [0, 0.1) is 0 Å². The monoisotopic (exact) mass is 230 g/mol. The zero-order chi connectivity index (χ0) is 9.52. The molecular weight excluding hydrogens is 216 g/mol. The molecule has 0 aliphatic carbocycles. The van der Waals surface area contributed by atoms with Gasteiger partial charge in [-0.15, -0.1) is 5.56 Å². The molecule has 1 N–H and O–H groups in total. The third kappa shape index (κ3) is 5.03. The van der Waals surface area contributed by atoms with Gasteiger partial charge in [-0.1, -0.05) is 0 Å². The quantitative estimate of drug-likeness (QED) is 0.589. The summed E-state index contributed by atoms with van der Waals surface area (Å²) >= 11 is 0. The molecule has 0 amide bonds. The maximum absolute atomic E-state index is 8.91. The molecule has 0 heterocycles. The maximum atomic E-state index is 8.91. The number of hydrogen-bond acceptors (Lipinski definition) is 1. The average molecular weight is 230 g/mol. The van der Waals surface area contributed by atoms with Gasteiger partial charge in [0.2, 0.25) is 0 Å². The molecule has 76 valence electrons. The first-order valence-electron chi connectivity index (χ1n) is 4.37. The van der Waals surface area contributed by atoms with E-state index < -0.39 is 0 Å². The Morgan fingerprint density at radius 1 is 1.14 bits per heavy atom. The Balaban J connectivity index is 0.000000246. The molecule has 2 heteroatoms. The van der Waals surface area contributed by atoms with Gasteiger partial charge < -0.3 is 5.11 Å². The van der Waals surface area contributed by atoms with E-state index in [1.54, 1.807) is 6.92 Å². The Kier molecular flexibility index (Phi) is 7.13. The fraction of sp³-hybridized carbons (Fsp3) is 0.167. The smallest absolute Gasteiger partial charge is 0.391 e. The van der Waals surface area contributed by atoms with E-state index in [4.69, 9.17) is 5.11 Å². The van der Waals surface area contributed by atoms with Crippen LogP contribution in [0.4, 0.5) is 0 Å². The Hall–Kier alpha value is -0.821. The van der Waals surface area contributed by atoms with Crippen LogP contribution in [-0.2, 0) is 17.1 Å². The van der Waals surface area contributed by atoms with Crippen molar-refractivity contribution >= 4 is 0 Å². The van der Waals surface area contributed by atoms with E-state index in [9.17, 15) is 0 Å². The minimum Gasteiger partial charge on any atom is -0.391 e. The minimum atomic E-state index is -0.315. The van der Waals surface area contributed by atoms with Gasteiger partial charge in [0, 0.05) is 0 Å². The van der Waals surface area contributed by atoms with Crippen molar-refractivity contribution in [3.8, 4) is 0 Å². The second-order valence-corrected chi connectivity index (χ2v) is 2.86. The Bertz CT molecular complexity index is 265. The average Bonchev–Trinajstić information content (AvgIpc) is 2.82. The second kappa shape index (κ2) is 7.57. The van der Waals surface area contributed by atoms with Crippen molar-refractivity contribution in [1.29, 1.82) is 0 Å². The van der Waals surface area contributed by atoms with E-state index in [0.29, 0.717) is 0 Å². The van der Waals surface area contributed by atoms with Crippen LogP contribution in [0.15, 0.2) is 54.6 Å². The molecule has 0 unspecified atom stereocenters. The fourth-order valence-corrected chi connectivity index (χ4v) is 0.988. The van der Waals surface area contributed by atoms with Crippen LogP contribution in [0.25, 0.3) is 0 Å². The molecule has 1 atom stereocenters. The maximum Gasteiger partial charge on any atom is 2.00 e. The minimum absolute atomic E-state index is 0. The number of aliphatic hydroxyl groups excluding tert-OH is 1. The van der Waals surface area contributed by atoms with Gasteiger partial charge in [0.1, 0.15) is 0 Å². The van der Waals surface area contributed by atoms with Gasteiger partial charge in [0.25, 0.3) is 0 Å². The summed E-state index contributed by atoms with van der Waals surface area (Å²) in [6, 6.07) is 17.7. The number of rotatable bonds is 1. The topological polar surface area (TPSA) is 20.2 Å². The Morgan fingerprint density at radius 2 is 1.79 bits per heavy atom. The molecular formula is C12H14FeO. The summed E-state index contributed by atoms with van der Waals surface area (Å²) in [5.74, 6) is 0. The Morgan fingerprint density at radius 3 is 2.00 bits per heavy atom.